The number of benzene rings is 2. The van der Waals surface area contributed by atoms with E-state index in [1.54, 1.807) is 39.2 Å². The minimum Gasteiger partial charge on any atom is -1.00 e. The Hall–Kier alpha value is -2.08. The van der Waals surface area contributed by atoms with Gasteiger partial charge in [0.15, 0.2) is 23.0 Å². The zero-order valence-electron chi connectivity index (χ0n) is 34.6. The van der Waals surface area contributed by atoms with E-state index in [0.29, 0.717) is 41.6 Å². The van der Waals surface area contributed by atoms with Gasteiger partial charge in [-0.3, -0.25) is 24.7 Å². The van der Waals surface area contributed by atoms with Gasteiger partial charge in [-0.2, -0.15) is 0 Å². The zero-order chi connectivity index (χ0) is 40.1. The van der Waals surface area contributed by atoms with E-state index in [1.165, 1.54) is 25.3 Å². The monoisotopic (exact) mass is 880 g/mol. The second-order valence-corrected chi connectivity index (χ2v) is 11.2. The molecule has 0 amide bonds. The molecule has 0 atom stereocenters. The van der Waals surface area contributed by atoms with Gasteiger partial charge in [-0.15, -0.1) is 0 Å². The van der Waals surface area contributed by atoms with Gasteiger partial charge < -0.3 is 40.4 Å². The average Bonchev–Trinajstić information content (AvgIpc) is 3.14. The molecule has 15 nitrogen and oxygen atoms in total. The molecule has 0 saturated heterocycles. The Morgan fingerprint density at radius 2 is 1.13 bits per heavy atom. The summed E-state index contributed by atoms with van der Waals surface area (Å²) in [5.41, 5.74) is 8.15. The van der Waals surface area contributed by atoms with Gasteiger partial charge in [0, 0.05) is 5.33 Å². The molecular weight excluding hydrogens is 835 g/mol. The normalized spacial score (nSPS) is 9.38. The first-order chi connectivity index (χ1) is 25.2. The molecule has 0 bridgehead atoms. The summed E-state index contributed by atoms with van der Waals surface area (Å²) in [6, 6.07) is 9.31. The first-order valence-electron chi connectivity index (χ1n) is 16.1. The molecule has 0 fully saturated rings. The van der Waals surface area contributed by atoms with Crippen LogP contribution in [-0.2, 0) is 31.1 Å². The van der Waals surface area contributed by atoms with Gasteiger partial charge in [0.25, 0.3) is 6.47 Å². The Bertz CT molecular complexity index is 1830. The van der Waals surface area contributed by atoms with E-state index in [9.17, 15) is 14.7 Å². The second-order valence-electron chi connectivity index (χ2n) is 10.7. The number of halogens is 1. The van der Waals surface area contributed by atoms with Crippen molar-refractivity contribution < 1.29 is 158 Å². The second kappa shape index (κ2) is 30.1. The predicted molar refractivity (Wildman–Crippen MR) is 197 cm³/mol. The first kappa shape index (κ1) is 55.0. The van der Waals surface area contributed by atoms with Gasteiger partial charge in [0.1, 0.15) is 6.61 Å². The smallest absolute Gasteiger partial charge is 1.00 e. The molecule has 290 valence electrons. The van der Waals surface area contributed by atoms with E-state index >= 15 is 0 Å². The fourth-order valence-corrected chi connectivity index (χ4v) is 4.63. The molecule has 0 saturated carbocycles. The van der Waals surface area contributed by atoms with E-state index in [4.69, 9.17) is 33.7 Å². The number of hydrogen-bond donors (Lipinski definition) is 1. The van der Waals surface area contributed by atoms with Crippen LogP contribution in [-0.4, -0.2) is 70.9 Å². The van der Waals surface area contributed by atoms with Gasteiger partial charge in [0.05, 0.1) is 84.1 Å². The van der Waals surface area contributed by atoms with Gasteiger partial charge in [-0.05, 0) is 91.8 Å². The molecule has 55 heavy (non-hydrogen) atoms. The van der Waals surface area contributed by atoms with Gasteiger partial charge in [-0.25, -0.2) is 9.59 Å². The Kier molecular flexibility index (Phi) is 30.1. The minimum atomic E-state index is -0.453. The molecule has 2 heterocycles. The van der Waals surface area contributed by atoms with Crippen molar-refractivity contribution >= 4 is 34.3 Å². The molecule has 0 unspecified atom stereocenters. The van der Waals surface area contributed by atoms with Gasteiger partial charge in [0.2, 0.25) is 0 Å². The van der Waals surface area contributed by atoms with Crippen LogP contribution in [0.5, 0.6) is 23.0 Å². The molecule has 0 radical (unpaired) electrons. The fourth-order valence-electron chi connectivity index (χ4n) is 4.09. The molecule has 0 spiro atoms. The third-order valence-corrected chi connectivity index (χ3v) is 7.58. The van der Waals surface area contributed by atoms with Crippen molar-refractivity contribution in [2.75, 3.05) is 27.4 Å². The Morgan fingerprint density at radius 1 is 0.709 bits per heavy atom. The van der Waals surface area contributed by atoms with Crippen LogP contribution in [0.3, 0.4) is 0 Å². The third kappa shape index (κ3) is 19.3. The standard InChI is InChI=1S/C18H22N2O4.C10H12O4.C8H11BrN2.CH2O3.2K.H/c1-6-23-18(21)14-7-8-16(22-5)17(9-14)24-10-15-13(4)19-11(2)12(3)20-15;1-3-14-10(12)7-4-5-9(13-2)8(11)6-7;1-5-6(2)11-8(4-9)7(3)10-5;2-1-4-3;;;/h7-9H,6,10H2,1-5H3;4-6,11H,3H2,1-2H3;4H2,1-3H3;1,3H;;;/q;;;;2*+1;-1/p-1. The van der Waals surface area contributed by atoms with Crippen LogP contribution in [0.25, 0.3) is 0 Å². The van der Waals surface area contributed by atoms with Crippen molar-refractivity contribution in [2.24, 2.45) is 0 Å². The van der Waals surface area contributed by atoms with Gasteiger partial charge >= 0.3 is 115 Å². The molecular formula is C37H47BrK2N4O11. The number of alkyl halides is 1. The van der Waals surface area contributed by atoms with Crippen LogP contribution >= 0.6 is 15.9 Å². The number of carbonyl (C=O) groups is 3. The summed E-state index contributed by atoms with van der Waals surface area (Å²) >= 11 is 3.36. The summed E-state index contributed by atoms with van der Waals surface area (Å²) in [5, 5.41) is 18.6. The predicted octanol–water partition coefficient (Wildman–Crippen LogP) is -0.404. The SMILES string of the molecule is CCOC(=O)c1ccc(OC)c(O)c1.CCOC(=O)c1ccc(OC)c(OCc2nc(C)c(C)nc2C)c1.Cc1nc(C)c(CBr)nc1C.O=CO[O-].[H-].[K+].[K+]. The van der Waals surface area contributed by atoms with Crippen LogP contribution < -0.4 is 122 Å². The Balaban J connectivity index is -0.000000751. The molecule has 0 aliphatic rings. The first-order valence-corrected chi connectivity index (χ1v) is 17.2. The number of rotatable bonds is 11. The van der Waals surface area contributed by atoms with E-state index in [1.807, 2.05) is 41.5 Å². The van der Waals surface area contributed by atoms with Crippen molar-refractivity contribution in [2.45, 2.75) is 67.3 Å². The molecule has 4 rings (SSSR count). The number of aromatic nitrogens is 4. The maximum absolute atomic E-state index is 11.9. The van der Waals surface area contributed by atoms with Crippen molar-refractivity contribution in [1.82, 2.24) is 19.9 Å². The van der Waals surface area contributed by atoms with E-state index in [0.717, 1.165) is 50.9 Å². The number of aromatic hydroxyl groups is 1. The molecule has 18 heteroatoms. The van der Waals surface area contributed by atoms with Crippen LogP contribution in [0.4, 0.5) is 0 Å². The van der Waals surface area contributed by atoms with E-state index in [-0.39, 0.29) is 123 Å². The summed E-state index contributed by atoms with van der Waals surface area (Å²) in [4.78, 5) is 52.0. The number of ether oxygens (including phenoxy) is 5. The van der Waals surface area contributed by atoms with Crippen LogP contribution in [0.15, 0.2) is 36.4 Å². The number of phenols is 1. The fraction of sp³-hybridized carbons (Fsp3) is 0.378. The van der Waals surface area contributed by atoms with Crippen molar-refractivity contribution in [3.8, 4) is 23.0 Å². The molecule has 0 aliphatic carbocycles. The van der Waals surface area contributed by atoms with Crippen LogP contribution in [0, 0.1) is 41.5 Å². The molecule has 1 N–H and O–H groups in total. The molecule has 2 aromatic carbocycles. The number of carbonyl (C=O) groups excluding carboxylic acids is 3. The number of nitrogens with zero attached hydrogens (tertiary/aromatic N) is 4. The Labute approximate surface area is 417 Å². The number of esters is 2. The summed E-state index contributed by atoms with van der Waals surface area (Å²) in [5.74, 6) is 0.411. The van der Waals surface area contributed by atoms with E-state index < -0.39 is 11.9 Å². The maximum Gasteiger partial charge on any atom is 1.00 e. The maximum atomic E-state index is 11.9. The van der Waals surface area contributed by atoms with Crippen molar-refractivity contribution in [3.63, 3.8) is 0 Å². The largest absolute Gasteiger partial charge is 1.00 e. The van der Waals surface area contributed by atoms with Crippen LogP contribution in [0.2, 0.25) is 0 Å². The average molecular weight is 882 g/mol. The topological polar surface area (TPSA) is 201 Å². The summed E-state index contributed by atoms with van der Waals surface area (Å²) in [7, 11) is 2.99. The zero-order valence-corrected chi connectivity index (χ0v) is 41.4. The third-order valence-electron chi connectivity index (χ3n) is 7.05. The Morgan fingerprint density at radius 3 is 1.55 bits per heavy atom. The minimum absolute atomic E-state index is 0. The summed E-state index contributed by atoms with van der Waals surface area (Å²) in [6.45, 7) is 15.8. The number of phenolic OH excluding ortho intramolecular Hbond substituents is 1. The summed E-state index contributed by atoms with van der Waals surface area (Å²) < 4.78 is 25.7. The molecule has 4 aromatic rings. The van der Waals surface area contributed by atoms with Crippen molar-refractivity contribution in [3.05, 3.63) is 93.1 Å². The summed E-state index contributed by atoms with van der Waals surface area (Å²) in [6.07, 6.45) is 0. The van der Waals surface area contributed by atoms with Gasteiger partial charge in [-0.1, -0.05) is 15.9 Å². The quantitative estimate of drug-likeness (QED) is 0.0509. The number of hydrogen-bond acceptors (Lipinski definition) is 15. The molecule has 0 aliphatic heterocycles. The molecule has 2 aromatic heterocycles. The van der Waals surface area contributed by atoms with Crippen molar-refractivity contribution in [1.29, 1.82) is 0 Å². The van der Waals surface area contributed by atoms with Crippen LogP contribution in [0.1, 0.15) is 81.5 Å². The number of methoxy groups -OCH3 is 2. The number of aryl methyl sites for hydroxylation is 6. The van der Waals surface area contributed by atoms with E-state index in [2.05, 4.69) is 40.8 Å².